The molecule has 1 heterocycles. The highest BCUT2D eigenvalue weighted by Crippen LogP contribution is 2.33. The van der Waals surface area contributed by atoms with Gasteiger partial charge in [0.15, 0.2) is 0 Å². The van der Waals surface area contributed by atoms with Crippen LogP contribution in [0.15, 0.2) is 0 Å². The van der Waals surface area contributed by atoms with Gasteiger partial charge >= 0.3 is 5.97 Å². The molecule has 0 aliphatic carbocycles. The number of hydrogen-bond acceptors (Lipinski definition) is 5. The minimum Gasteiger partial charge on any atom is -0.465 e. The van der Waals surface area contributed by atoms with Gasteiger partial charge in [-0.25, -0.2) is 4.79 Å². The zero-order valence-corrected chi connectivity index (χ0v) is 13.5. The molecule has 0 fully saturated rings. The van der Waals surface area contributed by atoms with Crippen LogP contribution in [0.5, 0.6) is 0 Å². The maximum Gasteiger partial charge on any atom is 0.341 e. The summed E-state index contributed by atoms with van der Waals surface area (Å²) in [6.07, 6.45) is 1.11. The van der Waals surface area contributed by atoms with Crippen molar-refractivity contribution < 1.29 is 19.1 Å². The predicted octanol–water partition coefficient (Wildman–Crippen LogP) is 2.33. The lowest BCUT2D eigenvalue weighted by Gasteiger charge is -2.04. The van der Waals surface area contributed by atoms with Gasteiger partial charge in [-0.2, -0.15) is 0 Å². The van der Waals surface area contributed by atoms with Crippen molar-refractivity contribution >= 4 is 34.1 Å². The third kappa shape index (κ3) is 4.04. The Balaban J connectivity index is 3.20. The summed E-state index contributed by atoms with van der Waals surface area (Å²) in [5.74, 6) is -1.03. The Bertz CT molecular complexity index is 551. The van der Waals surface area contributed by atoms with Crippen molar-refractivity contribution in [2.24, 2.45) is 0 Å². The van der Waals surface area contributed by atoms with Gasteiger partial charge in [0.05, 0.1) is 17.6 Å². The number of methoxy groups -OCH3 is 1. The normalized spacial score (nSPS) is 10.1. The molecular formula is C14H20N2O4S. The molecule has 21 heavy (non-hydrogen) atoms. The van der Waals surface area contributed by atoms with Crippen LogP contribution in [0.2, 0.25) is 0 Å². The molecule has 1 aromatic heterocycles. The maximum absolute atomic E-state index is 12.1. The maximum atomic E-state index is 12.1. The van der Waals surface area contributed by atoms with E-state index in [1.54, 1.807) is 13.8 Å². The second-order valence-electron chi connectivity index (χ2n) is 4.41. The van der Waals surface area contributed by atoms with E-state index in [0.717, 1.165) is 17.8 Å². The highest BCUT2D eigenvalue weighted by molar-refractivity contribution is 7.18. The van der Waals surface area contributed by atoms with Crippen molar-refractivity contribution in [2.75, 3.05) is 19.0 Å². The summed E-state index contributed by atoms with van der Waals surface area (Å²) < 4.78 is 4.73. The largest absolute Gasteiger partial charge is 0.465 e. The number of carbonyl (C=O) groups excluding carboxylic acids is 3. The minimum absolute atomic E-state index is 0.220. The van der Waals surface area contributed by atoms with Crippen LogP contribution in [0, 0.1) is 6.92 Å². The number of thiophene rings is 1. The lowest BCUT2D eigenvalue weighted by molar-refractivity contribution is -0.115. The van der Waals surface area contributed by atoms with Gasteiger partial charge in [0.2, 0.25) is 5.91 Å². The van der Waals surface area contributed by atoms with Crippen molar-refractivity contribution in [1.82, 2.24) is 5.32 Å². The van der Waals surface area contributed by atoms with Crippen LogP contribution in [-0.4, -0.2) is 31.4 Å². The smallest absolute Gasteiger partial charge is 0.341 e. The fraction of sp³-hybridized carbons (Fsp3) is 0.500. The lowest BCUT2D eigenvalue weighted by Crippen LogP contribution is -2.23. The Morgan fingerprint density at radius 2 is 1.90 bits per heavy atom. The standard InChI is InChI=1S/C14H20N2O4S/c1-5-7-15-12(18)11-8(3)10(14(19)20-4)13(21-11)16-9(17)6-2/h5-7H2,1-4H3,(H,15,18)(H,16,17). The molecule has 0 aliphatic rings. The zero-order valence-electron chi connectivity index (χ0n) is 12.7. The molecular weight excluding hydrogens is 292 g/mol. The van der Waals surface area contributed by atoms with Gasteiger partial charge in [-0.1, -0.05) is 13.8 Å². The SMILES string of the molecule is CCCNC(=O)c1sc(NC(=O)CC)c(C(=O)OC)c1C. The third-order valence-electron chi connectivity index (χ3n) is 2.85. The van der Waals surface area contributed by atoms with E-state index in [9.17, 15) is 14.4 Å². The highest BCUT2D eigenvalue weighted by Gasteiger charge is 2.25. The topological polar surface area (TPSA) is 84.5 Å². The van der Waals surface area contributed by atoms with Gasteiger partial charge in [-0.3, -0.25) is 9.59 Å². The van der Waals surface area contributed by atoms with E-state index in [1.165, 1.54) is 7.11 Å². The number of rotatable bonds is 6. The van der Waals surface area contributed by atoms with Crippen LogP contribution in [-0.2, 0) is 9.53 Å². The molecule has 0 saturated carbocycles. The molecule has 0 atom stereocenters. The summed E-state index contributed by atoms with van der Waals surface area (Å²) in [7, 11) is 1.27. The van der Waals surface area contributed by atoms with Crippen molar-refractivity contribution in [3.8, 4) is 0 Å². The molecule has 1 rings (SSSR count). The molecule has 6 nitrogen and oxygen atoms in total. The van der Waals surface area contributed by atoms with Crippen LogP contribution in [0.25, 0.3) is 0 Å². The molecule has 7 heteroatoms. The summed E-state index contributed by atoms with van der Waals surface area (Å²) in [6, 6.07) is 0. The number of amides is 2. The average molecular weight is 312 g/mol. The van der Waals surface area contributed by atoms with E-state index in [0.29, 0.717) is 22.0 Å². The second-order valence-corrected chi connectivity index (χ2v) is 5.43. The Labute approximate surface area is 127 Å². The Morgan fingerprint density at radius 3 is 2.43 bits per heavy atom. The van der Waals surface area contributed by atoms with Crippen LogP contribution in [0.4, 0.5) is 5.00 Å². The number of anilines is 1. The molecule has 0 aromatic carbocycles. The van der Waals surface area contributed by atoms with Gasteiger partial charge in [0.25, 0.3) is 5.91 Å². The van der Waals surface area contributed by atoms with Gasteiger partial charge < -0.3 is 15.4 Å². The first-order chi connectivity index (χ1) is 9.96. The van der Waals surface area contributed by atoms with E-state index in [-0.39, 0.29) is 23.8 Å². The molecule has 0 saturated heterocycles. The number of carbonyl (C=O) groups is 3. The Hall–Kier alpha value is -1.89. The summed E-state index contributed by atoms with van der Waals surface area (Å²) >= 11 is 1.09. The minimum atomic E-state index is -0.565. The predicted molar refractivity (Wildman–Crippen MR) is 81.9 cm³/mol. The number of ether oxygens (including phenoxy) is 1. The first-order valence-corrected chi connectivity index (χ1v) is 7.57. The molecule has 0 unspecified atom stereocenters. The van der Waals surface area contributed by atoms with Crippen molar-refractivity contribution in [3.05, 3.63) is 16.0 Å². The fourth-order valence-corrected chi connectivity index (χ4v) is 2.83. The summed E-state index contributed by atoms with van der Waals surface area (Å²) in [5, 5.41) is 5.76. The van der Waals surface area contributed by atoms with Crippen LogP contribution >= 0.6 is 11.3 Å². The summed E-state index contributed by atoms with van der Waals surface area (Å²) in [6.45, 7) is 5.89. The van der Waals surface area contributed by atoms with Crippen molar-refractivity contribution in [1.29, 1.82) is 0 Å². The third-order valence-corrected chi connectivity index (χ3v) is 4.06. The molecule has 0 aliphatic heterocycles. The van der Waals surface area contributed by atoms with E-state index < -0.39 is 5.97 Å². The van der Waals surface area contributed by atoms with E-state index >= 15 is 0 Å². The lowest BCUT2D eigenvalue weighted by atomic mass is 10.1. The number of nitrogens with one attached hydrogen (secondary N) is 2. The molecule has 2 N–H and O–H groups in total. The van der Waals surface area contributed by atoms with E-state index in [4.69, 9.17) is 4.74 Å². The molecule has 0 bridgehead atoms. The monoisotopic (exact) mass is 312 g/mol. The first kappa shape index (κ1) is 17.2. The number of hydrogen-bond donors (Lipinski definition) is 2. The average Bonchev–Trinajstić information content (AvgIpc) is 2.80. The molecule has 2 amide bonds. The summed E-state index contributed by atoms with van der Waals surface area (Å²) in [5.41, 5.74) is 0.762. The first-order valence-electron chi connectivity index (χ1n) is 6.75. The van der Waals surface area contributed by atoms with Gasteiger partial charge in [-0.05, 0) is 18.9 Å². The summed E-state index contributed by atoms with van der Waals surface area (Å²) in [4.78, 5) is 35.9. The molecule has 0 radical (unpaired) electrons. The molecule has 116 valence electrons. The van der Waals surface area contributed by atoms with E-state index in [1.807, 2.05) is 6.92 Å². The Kier molecular flexibility index (Phi) is 6.36. The number of esters is 1. The van der Waals surface area contributed by atoms with Crippen LogP contribution < -0.4 is 10.6 Å². The van der Waals surface area contributed by atoms with E-state index in [2.05, 4.69) is 10.6 Å². The van der Waals surface area contributed by atoms with Crippen LogP contribution in [0.3, 0.4) is 0 Å². The van der Waals surface area contributed by atoms with Crippen LogP contribution in [0.1, 0.15) is 52.3 Å². The molecule has 0 spiro atoms. The van der Waals surface area contributed by atoms with Gasteiger partial charge in [0.1, 0.15) is 5.00 Å². The highest BCUT2D eigenvalue weighted by atomic mass is 32.1. The second kappa shape index (κ2) is 7.78. The quantitative estimate of drug-likeness (QED) is 0.790. The van der Waals surface area contributed by atoms with Crippen molar-refractivity contribution in [2.45, 2.75) is 33.6 Å². The van der Waals surface area contributed by atoms with Gasteiger partial charge in [0, 0.05) is 13.0 Å². The Morgan fingerprint density at radius 1 is 1.24 bits per heavy atom. The fourth-order valence-electron chi connectivity index (χ4n) is 1.70. The molecule has 1 aromatic rings. The van der Waals surface area contributed by atoms with Gasteiger partial charge in [-0.15, -0.1) is 11.3 Å². The van der Waals surface area contributed by atoms with Crippen molar-refractivity contribution in [3.63, 3.8) is 0 Å². The zero-order chi connectivity index (χ0) is 16.0.